The number of amides is 3. The van der Waals surface area contributed by atoms with Crippen molar-refractivity contribution in [1.82, 2.24) is 14.8 Å². The lowest BCUT2D eigenvalue weighted by Crippen LogP contribution is -2.47. The Morgan fingerprint density at radius 3 is 2.51 bits per heavy atom. The van der Waals surface area contributed by atoms with Gasteiger partial charge in [-0.15, -0.1) is 0 Å². The summed E-state index contributed by atoms with van der Waals surface area (Å²) in [6, 6.07) is 12.3. The molecule has 3 aromatic rings. The number of rotatable bonds is 8. The molecule has 5 rings (SSSR count). The van der Waals surface area contributed by atoms with Crippen LogP contribution in [-0.2, 0) is 9.53 Å². The fourth-order valence-corrected chi connectivity index (χ4v) is 5.30. The summed E-state index contributed by atoms with van der Waals surface area (Å²) in [6.45, 7) is 6.06. The molecule has 0 atom stereocenters. The highest BCUT2D eigenvalue weighted by Gasteiger charge is 2.37. The van der Waals surface area contributed by atoms with Crippen LogP contribution in [0, 0.1) is 0 Å². The van der Waals surface area contributed by atoms with E-state index < -0.39 is 11.8 Å². The molecule has 10 heteroatoms. The number of hydrogen-bond acceptors (Lipinski definition) is 8. The van der Waals surface area contributed by atoms with E-state index in [9.17, 15) is 14.4 Å². The Morgan fingerprint density at radius 2 is 1.83 bits per heavy atom. The van der Waals surface area contributed by atoms with Crippen molar-refractivity contribution in [2.24, 2.45) is 0 Å². The van der Waals surface area contributed by atoms with Crippen LogP contribution in [0.3, 0.4) is 0 Å². The number of benzene rings is 2. The van der Waals surface area contributed by atoms with Gasteiger partial charge in [-0.2, -0.15) is 0 Å². The minimum atomic E-state index is -0.447. The zero-order chi connectivity index (χ0) is 24.4. The maximum atomic E-state index is 13.5. The van der Waals surface area contributed by atoms with E-state index in [1.165, 1.54) is 11.3 Å². The van der Waals surface area contributed by atoms with Gasteiger partial charge in [-0.1, -0.05) is 23.5 Å². The van der Waals surface area contributed by atoms with Gasteiger partial charge >= 0.3 is 0 Å². The quantitative estimate of drug-likeness (QED) is 0.445. The van der Waals surface area contributed by atoms with E-state index in [-0.39, 0.29) is 12.5 Å². The third-order valence-corrected chi connectivity index (χ3v) is 7.15. The van der Waals surface area contributed by atoms with Crippen LogP contribution in [-0.4, -0.2) is 85.0 Å². The molecule has 2 aromatic carbocycles. The molecule has 1 fully saturated rings. The van der Waals surface area contributed by atoms with Gasteiger partial charge in [0.1, 0.15) is 12.3 Å². The normalized spacial score (nSPS) is 16.1. The molecule has 0 spiro atoms. The van der Waals surface area contributed by atoms with Gasteiger partial charge in [0.05, 0.1) is 41.2 Å². The molecular formula is C25H26N4O5S. The van der Waals surface area contributed by atoms with Gasteiger partial charge in [0.2, 0.25) is 5.91 Å². The Morgan fingerprint density at radius 1 is 1.11 bits per heavy atom. The van der Waals surface area contributed by atoms with E-state index in [0.29, 0.717) is 49.2 Å². The van der Waals surface area contributed by atoms with Crippen molar-refractivity contribution in [3.8, 4) is 5.75 Å². The molecule has 35 heavy (non-hydrogen) atoms. The Balaban J connectivity index is 1.40. The lowest BCUT2D eigenvalue weighted by Gasteiger charge is -2.29. The van der Waals surface area contributed by atoms with Gasteiger partial charge < -0.3 is 9.47 Å². The molecule has 0 N–H and O–H groups in total. The van der Waals surface area contributed by atoms with Crippen molar-refractivity contribution < 1.29 is 23.9 Å². The van der Waals surface area contributed by atoms with Crippen LogP contribution in [0.15, 0.2) is 42.5 Å². The number of imide groups is 1. The number of carbonyl (C=O) groups excluding carboxylic acids is 3. The van der Waals surface area contributed by atoms with Crippen molar-refractivity contribution in [2.45, 2.75) is 6.92 Å². The smallest absolute Gasteiger partial charge is 0.262 e. The molecule has 0 radical (unpaired) electrons. The van der Waals surface area contributed by atoms with Gasteiger partial charge in [0, 0.05) is 26.2 Å². The molecule has 0 aliphatic carbocycles. The summed E-state index contributed by atoms with van der Waals surface area (Å²) in [5, 5.41) is 0.531. The van der Waals surface area contributed by atoms with E-state index in [0.717, 1.165) is 34.0 Å². The van der Waals surface area contributed by atoms with Gasteiger partial charge in [0.15, 0.2) is 5.13 Å². The van der Waals surface area contributed by atoms with Gasteiger partial charge in [-0.3, -0.25) is 29.1 Å². The average Bonchev–Trinajstić information content (AvgIpc) is 3.39. The van der Waals surface area contributed by atoms with E-state index in [4.69, 9.17) is 9.47 Å². The van der Waals surface area contributed by atoms with Gasteiger partial charge in [-0.05, 0) is 37.3 Å². The third-order valence-electron chi connectivity index (χ3n) is 6.11. The summed E-state index contributed by atoms with van der Waals surface area (Å²) in [5.74, 6) is -0.500. The van der Waals surface area contributed by atoms with Crippen LogP contribution in [0.5, 0.6) is 5.75 Å². The largest absolute Gasteiger partial charge is 0.494 e. The number of carbonyl (C=O) groups is 3. The molecule has 9 nitrogen and oxygen atoms in total. The van der Waals surface area contributed by atoms with Crippen molar-refractivity contribution in [2.75, 3.05) is 57.4 Å². The number of morpholine rings is 1. The fourth-order valence-electron chi connectivity index (χ4n) is 4.26. The van der Waals surface area contributed by atoms with E-state index in [1.807, 2.05) is 25.1 Å². The van der Waals surface area contributed by atoms with Crippen LogP contribution in [0.4, 0.5) is 5.13 Å². The summed E-state index contributed by atoms with van der Waals surface area (Å²) < 4.78 is 11.9. The summed E-state index contributed by atoms with van der Waals surface area (Å²) >= 11 is 1.39. The highest BCUT2D eigenvalue weighted by atomic mass is 32.1. The van der Waals surface area contributed by atoms with Crippen LogP contribution < -0.4 is 9.64 Å². The highest BCUT2D eigenvalue weighted by Crippen LogP contribution is 2.32. The Hall–Kier alpha value is -3.34. The zero-order valence-corrected chi connectivity index (χ0v) is 20.3. The number of nitrogens with zero attached hydrogens (tertiary/aromatic N) is 4. The van der Waals surface area contributed by atoms with Gasteiger partial charge in [0.25, 0.3) is 11.8 Å². The second-order valence-electron chi connectivity index (χ2n) is 8.30. The van der Waals surface area contributed by atoms with Crippen molar-refractivity contribution in [3.05, 3.63) is 53.6 Å². The fraction of sp³-hybridized carbons (Fsp3) is 0.360. The minimum Gasteiger partial charge on any atom is -0.494 e. The second kappa shape index (κ2) is 10.1. The van der Waals surface area contributed by atoms with Crippen molar-refractivity contribution in [1.29, 1.82) is 0 Å². The number of thiazole rings is 1. The number of fused-ring (bicyclic) bond motifs is 2. The predicted octanol–water partition coefficient (Wildman–Crippen LogP) is 2.66. The lowest BCUT2D eigenvalue weighted by atomic mass is 10.1. The first kappa shape index (κ1) is 23.4. The predicted molar refractivity (Wildman–Crippen MR) is 132 cm³/mol. The zero-order valence-electron chi connectivity index (χ0n) is 19.4. The summed E-state index contributed by atoms with van der Waals surface area (Å²) in [5.41, 5.74) is 1.42. The first-order chi connectivity index (χ1) is 17.0. The molecule has 0 bridgehead atoms. The van der Waals surface area contributed by atoms with E-state index in [1.54, 1.807) is 29.2 Å². The minimum absolute atomic E-state index is 0.327. The highest BCUT2D eigenvalue weighted by molar-refractivity contribution is 7.22. The molecule has 0 saturated carbocycles. The molecule has 3 heterocycles. The first-order valence-electron chi connectivity index (χ1n) is 11.6. The Labute approximate surface area is 206 Å². The number of hydrogen-bond donors (Lipinski definition) is 0. The summed E-state index contributed by atoms with van der Waals surface area (Å²) in [6.07, 6.45) is 0. The van der Waals surface area contributed by atoms with Crippen molar-refractivity contribution >= 4 is 44.4 Å². The van der Waals surface area contributed by atoms with Crippen molar-refractivity contribution in [3.63, 3.8) is 0 Å². The monoisotopic (exact) mass is 494 g/mol. The topological polar surface area (TPSA) is 92.3 Å². The maximum absolute atomic E-state index is 13.5. The van der Waals surface area contributed by atoms with Crippen LogP contribution in [0.2, 0.25) is 0 Å². The summed E-state index contributed by atoms with van der Waals surface area (Å²) in [4.78, 5) is 48.7. The molecular weight excluding hydrogens is 468 g/mol. The third kappa shape index (κ3) is 4.77. The number of ether oxygens (including phenoxy) is 2. The molecule has 1 aromatic heterocycles. The molecule has 2 aliphatic heterocycles. The van der Waals surface area contributed by atoms with Crippen LogP contribution >= 0.6 is 11.3 Å². The van der Waals surface area contributed by atoms with E-state index in [2.05, 4.69) is 9.88 Å². The Bertz CT molecular complexity index is 1230. The first-order valence-corrected chi connectivity index (χ1v) is 12.5. The SMILES string of the molecule is CCOc1ccc2nc(N(CCN3CCOCC3)C(=O)CN3C(=O)c4ccccc4C3=O)sc2c1. The molecule has 3 amide bonds. The molecule has 2 aliphatic rings. The van der Waals surface area contributed by atoms with E-state index >= 15 is 0 Å². The second-order valence-corrected chi connectivity index (χ2v) is 9.31. The van der Waals surface area contributed by atoms with Crippen LogP contribution in [0.1, 0.15) is 27.6 Å². The number of aromatic nitrogens is 1. The maximum Gasteiger partial charge on any atom is 0.262 e. The van der Waals surface area contributed by atoms with Crippen LogP contribution in [0.25, 0.3) is 10.2 Å². The summed E-state index contributed by atoms with van der Waals surface area (Å²) in [7, 11) is 0. The number of anilines is 1. The van der Waals surface area contributed by atoms with Gasteiger partial charge in [-0.25, -0.2) is 4.98 Å². The molecule has 1 saturated heterocycles. The lowest BCUT2D eigenvalue weighted by molar-refractivity contribution is -0.119. The average molecular weight is 495 g/mol. The molecule has 0 unspecified atom stereocenters. The standard InChI is InChI=1S/C25H26N4O5S/c1-2-34-17-7-8-20-21(15-17)35-25(26-20)28(10-9-27-11-13-33-14-12-27)22(30)16-29-23(31)18-5-3-4-6-19(18)24(29)32/h3-8,15H,2,9-14,16H2,1H3. The molecule has 182 valence electrons. The Kier molecular flexibility index (Phi) is 6.76.